The van der Waals surface area contributed by atoms with Crippen LogP contribution in [0.2, 0.25) is 0 Å². The maximum absolute atomic E-state index is 6.14. The second kappa shape index (κ2) is 7.62. The van der Waals surface area contributed by atoms with Gasteiger partial charge in [-0.05, 0) is 59.3 Å². The fraction of sp³-hybridized carbons (Fsp3) is 0.235. The molecule has 24 heavy (non-hydrogen) atoms. The van der Waals surface area contributed by atoms with Crippen molar-refractivity contribution in [2.45, 2.75) is 26.2 Å². The van der Waals surface area contributed by atoms with Crippen molar-refractivity contribution in [2.24, 2.45) is 5.73 Å². The summed E-state index contributed by atoms with van der Waals surface area (Å²) in [5.41, 5.74) is 9.55. The molecule has 7 heteroatoms. The van der Waals surface area contributed by atoms with E-state index >= 15 is 0 Å². The lowest BCUT2D eigenvalue weighted by molar-refractivity contribution is 0.580. The summed E-state index contributed by atoms with van der Waals surface area (Å²) in [6, 6.07) is 17.6. The quantitative estimate of drug-likeness (QED) is 0.421. The summed E-state index contributed by atoms with van der Waals surface area (Å²) < 4.78 is 6.14. The molecule has 0 bridgehead atoms. The zero-order valence-corrected chi connectivity index (χ0v) is 16.5. The zero-order chi connectivity index (χ0) is 17.8. The summed E-state index contributed by atoms with van der Waals surface area (Å²) in [4.78, 5) is 0. The van der Waals surface area contributed by atoms with Crippen LogP contribution in [0.25, 0.3) is 0 Å². The molecule has 2 rings (SSSR count). The van der Waals surface area contributed by atoms with E-state index in [4.69, 9.17) is 34.3 Å². The molecule has 0 saturated carbocycles. The van der Waals surface area contributed by atoms with Gasteiger partial charge in [0.1, 0.15) is 5.75 Å². The Morgan fingerprint density at radius 3 is 2.12 bits per heavy atom. The van der Waals surface area contributed by atoms with Crippen LogP contribution in [0, 0.1) is 0 Å². The predicted molar refractivity (Wildman–Crippen MR) is 109 cm³/mol. The summed E-state index contributed by atoms with van der Waals surface area (Å²) in [7, 11) is 0. The van der Waals surface area contributed by atoms with Crippen molar-refractivity contribution in [1.29, 1.82) is 0 Å². The molecular formula is C17H22N3OPS2. The lowest BCUT2D eigenvalue weighted by atomic mass is 9.87. The van der Waals surface area contributed by atoms with Gasteiger partial charge in [0.05, 0.1) is 0 Å². The van der Waals surface area contributed by atoms with Gasteiger partial charge < -0.3 is 10.3 Å². The lowest BCUT2D eigenvalue weighted by Crippen LogP contribution is -2.41. The van der Waals surface area contributed by atoms with Gasteiger partial charge in [-0.15, -0.1) is 0 Å². The minimum atomic E-state index is -2.60. The van der Waals surface area contributed by atoms with Crippen molar-refractivity contribution in [2.75, 3.05) is 0 Å². The fourth-order valence-corrected chi connectivity index (χ4v) is 4.48. The van der Waals surface area contributed by atoms with Gasteiger partial charge in [-0.3, -0.25) is 5.43 Å². The van der Waals surface area contributed by atoms with Crippen molar-refractivity contribution < 1.29 is 4.52 Å². The molecule has 0 spiro atoms. The highest BCUT2D eigenvalue weighted by molar-refractivity contribution is 8.15. The second-order valence-corrected chi connectivity index (χ2v) is 10.4. The first-order valence-electron chi connectivity index (χ1n) is 7.49. The van der Waals surface area contributed by atoms with Crippen molar-refractivity contribution in [3.63, 3.8) is 0 Å². The van der Waals surface area contributed by atoms with Crippen LogP contribution in [0.15, 0.2) is 54.6 Å². The Morgan fingerprint density at radius 1 is 1.04 bits per heavy atom. The first-order valence-corrected chi connectivity index (χ1v) is 10.6. The van der Waals surface area contributed by atoms with Crippen LogP contribution in [0.5, 0.6) is 5.75 Å². The zero-order valence-electron chi connectivity index (χ0n) is 13.9. The molecule has 0 aliphatic carbocycles. The fourth-order valence-electron chi connectivity index (χ4n) is 2.06. The minimum Gasteiger partial charge on any atom is -0.448 e. The normalized spacial score (nSPS) is 13.8. The Hall–Kier alpha value is -1.46. The molecule has 1 unspecified atom stereocenters. The molecule has 0 fully saturated rings. The number of benzene rings is 2. The van der Waals surface area contributed by atoms with E-state index in [-0.39, 0.29) is 10.5 Å². The van der Waals surface area contributed by atoms with E-state index in [1.807, 2.05) is 42.5 Å². The Bertz CT molecular complexity index is 743. The number of hydrogen-bond acceptors (Lipinski definition) is 3. The van der Waals surface area contributed by atoms with Gasteiger partial charge >= 0.3 is 0 Å². The third-order valence-corrected chi connectivity index (χ3v) is 6.46. The third kappa shape index (κ3) is 5.02. The number of hydrazine groups is 1. The second-order valence-electron chi connectivity index (χ2n) is 6.35. The van der Waals surface area contributed by atoms with E-state index in [2.05, 4.69) is 43.5 Å². The SMILES string of the molecule is CC(C)(C)c1ccc(OP(=S)(NNC(N)=S)c2ccccc2)cc1. The molecule has 0 aliphatic rings. The molecule has 0 radical (unpaired) electrons. The van der Waals surface area contributed by atoms with Crippen LogP contribution < -0.4 is 26.2 Å². The van der Waals surface area contributed by atoms with Crippen molar-refractivity contribution in [3.05, 3.63) is 60.2 Å². The Morgan fingerprint density at radius 2 is 1.62 bits per heavy atom. The van der Waals surface area contributed by atoms with Gasteiger partial charge in [0, 0.05) is 5.30 Å². The smallest absolute Gasteiger partial charge is 0.225 e. The topological polar surface area (TPSA) is 59.3 Å². The molecule has 1 atom stereocenters. The largest absolute Gasteiger partial charge is 0.448 e. The summed E-state index contributed by atoms with van der Waals surface area (Å²) >= 11 is 10.6. The standard InChI is InChI=1S/C17H22N3OPS2/c1-17(2,3)13-9-11-14(12-10-13)21-22(24,20-19-16(18)23)15-7-5-4-6-8-15/h4-12H,1-3H3,(H,20,24)(H3,18,19,23). The van der Waals surface area contributed by atoms with Crippen LogP contribution in [0.3, 0.4) is 0 Å². The molecular weight excluding hydrogens is 357 g/mol. The van der Waals surface area contributed by atoms with Gasteiger partial charge in [0.15, 0.2) is 5.11 Å². The predicted octanol–water partition coefficient (Wildman–Crippen LogP) is 3.34. The van der Waals surface area contributed by atoms with E-state index in [0.717, 1.165) is 5.30 Å². The Balaban J connectivity index is 2.28. The van der Waals surface area contributed by atoms with Gasteiger partial charge in [-0.2, -0.15) is 5.20 Å². The number of rotatable bonds is 5. The summed E-state index contributed by atoms with van der Waals surface area (Å²) in [5.74, 6) is 0.701. The van der Waals surface area contributed by atoms with Crippen LogP contribution in [-0.2, 0) is 17.2 Å². The number of thiocarbonyl (C=S) groups is 1. The monoisotopic (exact) mass is 379 g/mol. The molecule has 0 saturated heterocycles. The Kier molecular flexibility index (Phi) is 5.99. The van der Waals surface area contributed by atoms with Gasteiger partial charge in [-0.1, -0.05) is 51.1 Å². The molecule has 0 heterocycles. The lowest BCUT2D eigenvalue weighted by Gasteiger charge is -2.25. The molecule has 2 aromatic carbocycles. The molecule has 0 aliphatic heterocycles. The highest BCUT2D eigenvalue weighted by atomic mass is 32.4. The average molecular weight is 379 g/mol. The Labute approximate surface area is 153 Å². The first kappa shape index (κ1) is 18.9. The van der Waals surface area contributed by atoms with E-state index in [9.17, 15) is 0 Å². The van der Waals surface area contributed by atoms with Crippen LogP contribution in [0.1, 0.15) is 26.3 Å². The maximum Gasteiger partial charge on any atom is 0.225 e. The number of nitrogens with one attached hydrogen (secondary N) is 2. The summed E-state index contributed by atoms with van der Waals surface area (Å²) in [6.07, 6.45) is -2.60. The summed E-state index contributed by atoms with van der Waals surface area (Å²) in [6.45, 7) is 6.51. The number of hydrogen-bond donors (Lipinski definition) is 3. The molecule has 0 amide bonds. The van der Waals surface area contributed by atoms with Crippen LogP contribution in [-0.4, -0.2) is 5.11 Å². The van der Waals surface area contributed by atoms with E-state index in [1.54, 1.807) is 0 Å². The molecule has 4 nitrogen and oxygen atoms in total. The van der Waals surface area contributed by atoms with Crippen molar-refractivity contribution >= 4 is 40.9 Å². The van der Waals surface area contributed by atoms with Gasteiger partial charge in [0.25, 0.3) is 0 Å². The average Bonchev–Trinajstić information content (AvgIpc) is 2.53. The highest BCUT2D eigenvalue weighted by Gasteiger charge is 2.22. The summed E-state index contributed by atoms with van der Waals surface area (Å²) in [5, 5.41) is 3.99. The molecule has 128 valence electrons. The maximum atomic E-state index is 6.14. The van der Waals surface area contributed by atoms with Crippen molar-refractivity contribution in [1.82, 2.24) is 10.6 Å². The highest BCUT2D eigenvalue weighted by Crippen LogP contribution is 2.42. The first-order chi connectivity index (χ1) is 11.2. The number of nitrogens with two attached hydrogens (primary N) is 1. The third-order valence-electron chi connectivity index (χ3n) is 3.38. The van der Waals surface area contributed by atoms with Gasteiger partial charge in [0.2, 0.25) is 6.42 Å². The van der Waals surface area contributed by atoms with Crippen molar-refractivity contribution in [3.8, 4) is 5.75 Å². The van der Waals surface area contributed by atoms with E-state index in [1.165, 1.54) is 5.56 Å². The van der Waals surface area contributed by atoms with E-state index < -0.39 is 6.42 Å². The van der Waals surface area contributed by atoms with E-state index in [0.29, 0.717) is 5.75 Å². The molecule has 4 N–H and O–H groups in total. The molecule has 0 aromatic heterocycles. The van der Waals surface area contributed by atoms with Crippen LogP contribution in [0.4, 0.5) is 0 Å². The van der Waals surface area contributed by atoms with Crippen LogP contribution >= 0.6 is 18.6 Å². The minimum absolute atomic E-state index is 0.0870. The molecule has 2 aromatic rings. The van der Waals surface area contributed by atoms with Gasteiger partial charge in [-0.25, -0.2) is 0 Å².